The highest BCUT2D eigenvalue weighted by molar-refractivity contribution is 5.97. The Hall–Kier alpha value is -2.04. The summed E-state index contributed by atoms with van der Waals surface area (Å²) in [6, 6.07) is 5.22. The van der Waals surface area contributed by atoms with E-state index in [4.69, 9.17) is 0 Å². The number of phenolic OH excluding ortho intramolecular Hbond substituents is 1. The number of carbonyl (C=O) groups excluding carboxylic acids is 2. The molecule has 18 heavy (non-hydrogen) atoms. The molecule has 0 heterocycles. The fourth-order valence-corrected chi connectivity index (χ4v) is 1.50. The minimum atomic E-state index is -0.704. The van der Waals surface area contributed by atoms with E-state index in [9.17, 15) is 14.7 Å². The third kappa shape index (κ3) is 3.48. The van der Waals surface area contributed by atoms with Crippen molar-refractivity contribution in [2.75, 3.05) is 7.11 Å². The Morgan fingerprint density at radius 1 is 1.33 bits per heavy atom. The smallest absolute Gasteiger partial charge is 0.328 e. The van der Waals surface area contributed by atoms with Gasteiger partial charge in [-0.05, 0) is 24.1 Å². The van der Waals surface area contributed by atoms with Crippen LogP contribution in [0.25, 0.3) is 0 Å². The molecule has 0 aliphatic heterocycles. The van der Waals surface area contributed by atoms with E-state index in [1.54, 1.807) is 12.1 Å². The highest BCUT2D eigenvalue weighted by atomic mass is 16.5. The Balaban J connectivity index is 2.82. The summed E-state index contributed by atoms with van der Waals surface area (Å²) >= 11 is 0. The predicted octanol–water partition coefficient (Wildman–Crippen LogP) is 1.32. The lowest BCUT2D eigenvalue weighted by Crippen LogP contribution is -2.45. The van der Waals surface area contributed by atoms with Gasteiger partial charge in [0.05, 0.1) is 7.11 Å². The van der Waals surface area contributed by atoms with Crippen molar-refractivity contribution in [3.8, 4) is 5.75 Å². The number of esters is 1. The van der Waals surface area contributed by atoms with Crippen molar-refractivity contribution in [3.05, 3.63) is 29.8 Å². The third-order valence-corrected chi connectivity index (χ3v) is 2.52. The molecule has 0 bridgehead atoms. The Labute approximate surface area is 106 Å². The van der Waals surface area contributed by atoms with E-state index in [1.165, 1.54) is 19.2 Å². The summed E-state index contributed by atoms with van der Waals surface area (Å²) in [6.07, 6.45) is 0. The molecule has 0 saturated carbocycles. The van der Waals surface area contributed by atoms with Gasteiger partial charge in [-0.1, -0.05) is 19.9 Å². The second-order valence-corrected chi connectivity index (χ2v) is 4.27. The lowest BCUT2D eigenvalue weighted by atomic mass is 10.0. The van der Waals surface area contributed by atoms with Crippen molar-refractivity contribution in [2.45, 2.75) is 19.9 Å². The number of benzene rings is 1. The molecule has 1 atom stereocenters. The van der Waals surface area contributed by atoms with Gasteiger partial charge in [-0.3, -0.25) is 4.79 Å². The molecule has 1 aromatic carbocycles. The number of amides is 1. The van der Waals surface area contributed by atoms with Gasteiger partial charge in [0.2, 0.25) is 0 Å². The van der Waals surface area contributed by atoms with Crippen LogP contribution >= 0.6 is 0 Å². The first-order valence-corrected chi connectivity index (χ1v) is 5.63. The van der Waals surface area contributed by atoms with Crippen LogP contribution < -0.4 is 5.32 Å². The van der Waals surface area contributed by atoms with Gasteiger partial charge in [0.25, 0.3) is 5.91 Å². The Morgan fingerprint density at radius 3 is 2.50 bits per heavy atom. The van der Waals surface area contributed by atoms with Crippen molar-refractivity contribution in [1.82, 2.24) is 5.32 Å². The normalized spacial score (nSPS) is 12.0. The van der Waals surface area contributed by atoms with E-state index in [1.807, 2.05) is 13.8 Å². The second-order valence-electron chi connectivity index (χ2n) is 4.27. The van der Waals surface area contributed by atoms with Crippen molar-refractivity contribution in [1.29, 1.82) is 0 Å². The molecule has 5 heteroatoms. The first-order valence-electron chi connectivity index (χ1n) is 5.63. The summed E-state index contributed by atoms with van der Waals surface area (Å²) in [5.41, 5.74) is 0.296. The Kier molecular flexibility index (Phi) is 4.71. The van der Waals surface area contributed by atoms with Gasteiger partial charge in [0.1, 0.15) is 11.8 Å². The van der Waals surface area contributed by atoms with Crippen LogP contribution in [0.5, 0.6) is 5.75 Å². The van der Waals surface area contributed by atoms with E-state index >= 15 is 0 Å². The number of rotatable bonds is 4. The lowest BCUT2D eigenvalue weighted by Gasteiger charge is -2.19. The zero-order chi connectivity index (χ0) is 13.7. The molecule has 0 unspecified atom stereocenters. The van der Waals surface area contributed by atoms with Crippen LogP contribution in [-0.2, 0) is 9.53 Å². The molecule has 0 aliphatic rings. The maximum Gasteiger partial charge on any atom is 0.328 e. The highest BCUT2D eigenvalue weighted by Crippen LogP contribution is 2.12. The summed E-state index contributed by atoms with van der Waals surface area (Å²) in [5.74, 6) is -0.992. The molecule has 0 saturated heterocycles. The fraction of sp³-hybridized carbons (Fsp3) is 0.385. The summed E-state index contributed by atoms with van der Waals surface area (Å²) in [7, 11) is 1.28. The first-order chi connectivity index (χ1) is 8.45. The standard InChI is InChI=1S/C13H17NO4/c1-8(2)11(13(17)18-3)14-12(16)9-5-4-6-10(15)7-9/h4-8,11,15H,1-3H3,(H,14,16)/t11-/m1/s1. The van der Waals surface area contributed by atoms with E-state index in [0.29, 0.717) is 5.56 Å². The molecule has 1 amide bonds. The Morgan fingerprint density at radius 2 is 2.00 bits per heavy atom. The lowest BCUT2D eigenvalue weighted by molar-refractivity contribution is -0.144. The average Bonchev–Trinajstić information content (AvgIpc) is 2.34. The van der Waals surface area contributed by atoms with Crippen molar-refractivity contribution in [3.63, 3.8) is 0 Å². The minimum absolute atomic E-state index is 0.00168. The number of nitrogens with one attached hydrogen (secondary N) is 1. The van der Waals surface area contributed by atoms with Gasteiger partial charge in [-0.2, -0.15) is 0 Å². The van der Waals surface area contributed by atoms with E-state index in [0.717, 1.165) is 0 Å². The topological polar surface area (TPSA) is 75.6 Å². The highest BCUT2D eigenvalue weighted by Gasteiger charge is 2.25. The minimum Gasteiger partial charge on any atom is -0.508 e. The molecule has 1 aromatic rings. The maximum atomic E-state index is 11.9. The molecule has 0 spiro atoms. The van der Waals surface area contributed by atoms with Gasteiger partial charge in [0, 0.05) is 5.56 Å². The molecule has 5 nitrogen and oxygen atoms in total. The second kappa shape index (κ2) is 6.05. The third-order valence-electron chi connectivity index (χ3n) is 2.52. The van der Waals surface area contributed by atoms with Crippen LogP contribution in [0, 0.1) is 5.92 Å². The van der Waals surface area contributed by atoms with Crippen LogP contribution in [-0.4, -0.2) is 30.1 Å². The summed E-state index contributed by atoms with van der Waals surface area (Å²) in [4.78, 5) is 23.4. The van der Waals surface area contributed by atoms with Crippen LogP contribution in [0.2, 0.25) is 0 Å². The molecule has 0 radical (unpaired) electrons. The molecule has 0 aliphatic carbocycles. The monoisotopic (exact) mass is 251 g/mol. The van der Waals surface area contributed by atoms with E-state index in [-0.39, 0.29) is 11.7 Å². The molecule has 98 valence electrons. The zero-order valence-electron chi connectivity index (χ0n) is 10.6. The molecular formula is C13H17NO4. The van der Waals surface area contributed by atoms with Crippen molar-refractivity contribution < 1.29 is 19.4 Å². The van der Waals surface area contributed by atoms with Crippen LogP contribution in [0.3, 0.4) is 0 Å². The fourth-order valence-electron chi connectivity index (χ4n) is 1.50. The summed E-state index contributed by atoms with van der Waals surface area (Å²) in [6.45, 7) is 3.62. The van der Waals surface area contributed by atoms with Crippen molar-refractivity contribution in [2.24, 2.45) is 5.92 Å². The zero-order valence-corrected chi connectivity index (χ0v) is 10.6. The quantitative estimate of drug-likeness (QED) is 0.791. The largest absolute Gasteiger partial charge is 0.508 e. The first kappa shape index (κ1) is 14.0. The summed E-state index contributed by atoms with van der Waals surface area (Å²) < 4.78 is 4.63. The van der Waals surface area contributed by atoms with Gasteiger partial charge in [0.15, 0.2) is 0 Å². The molecular weight excluding hydrogens is 234 g/mol. The van der Waals surface area contributed by atoms with Gasteiger partial charge in [-0.15, -0.1) is 0 Å². The van der Waals surface area contributed by atoms with E-state index < -0.39 is 17.9 Å². The van der Waals surface area contributed by atoms with Gasteiger partial charge < -0.3 is 15.2 Å². The summed E-state index contributed by atoms with van der Waals surface area (Å²) in [5, 5.41) is 11.9. The van der Waals surface area contributed by atoms with Gasteiger partial charge in [-0.25, -0.2) is 4.79 Å². The molecule has 0 fully saturated rings. The molecule has 0 aromatic heterocycles. The SMILES string of the molecule is COC(=O)[C@H](NC(=O)c1cccc(O)c1)C(C)C. The number of hydrogen-bond donors (Lipinski definition) is 2. The van der Waals surface area contributed by atoms with Crippen LogP contribution in [0.4, 0.5) is 0 Å². The van der Waals surface area contributed by atoms with Crippen molar-refractivity contribution >= 4 is 11.9 Å². The number of methoxy groups -OCH3 is 1. The number of ether oxygens (including phenoxy) is 1. The Bertz CT molecular complexity index is 442. The molecule has 2 N–H and O–H groups in total. The average molecular weight is 251 g/mol. The predicted molar refractivity (Wildman–Crippen MR) is 66.2 cm³/mol. The number of carbonyl (C=O) groups is 2. The van der Waals surface area contributed by atoms with E-state index in [2.05, 4.69) is 10.1 Å². The molecule has 1 rings (SSSR count). The number of phenols is 1. The van der Waals surface area contributed by atoms with Gasteiger partial charge >= 0.3 is 5.97 Å². The maximum absolute atomic E-state index is 11.9. The number of aromatic hydroxyl groups is 1. The van der Waals surface area contributed by atoms with Crippen LogP contribution in [0.15, 0.2) is 24.3 Å². The van der Waals surface area contributed by atoms with Crippen LogP contribution in [0.1, 0.15) is 24.2 Å². The number of hydrogen-bond acceptors (Lipinski definition) is 4.